The molecule has 1 aliphatic rings. The molecule has 92 valence electrons. The van der Waals surface area contributed by atoms with Crippen molar-refractivity contribution in [3.8, 4) is 6.07 Å². The third kappa shape index (κ3) is 2.99. The topological polar surface area (TPSA) is 36.3 Å². The monoisotopic (exact) mass is 270 g/mol. The third-order valence-corrected chi connectivity index (χ3v) is 4.52. The molecule has 2 atom stereocenters. The summed E-state index contributed by atoms with van der Waals surface area (Å²) in [5.74, 6) is 0.190. The lowest BCUT2D eigenvalue weighted by molar-refractivity contribution is 0.0233. The summed E-state index contributed by atoms with van der Waals surface area (Å²) in [5, 5.41) is 9.36. The average molecular weight is 271 g/mol. The minimum atomic E-state index is -0.0892. The number of hydrogen-bond donors (Lipinski definition) is 0. The highest BCUT2D eigenvalue weighted by Gasteiger charge is 2.27. The molecule has 2 rings (SSSR count). The highest BCUT2D eigenvalue weighted by molar-refractivity contribution is 7.16. The van der Waals surface area contributed by atoms with Crippen molar-refractivity contribution in [1.82, 2.24) is 4.90 Å². The van der Waals surface area contributed by atoms with Gasteiger partial charge in [-0.25, -0.2) is 0 Å². The van der Waals surface area contributed by atoms with Crippen molar-refractivity contribution < 1.29 is 4.74 Å². The van der Waals surface area contributed by atoms with Gasteiger partial charge in [-0.2, -0.15) is 5.26 Å². The van der Waals surface area contributed by atoms with Gasteiger partial charge in [-0.3, -0.25) is 4.90 Å². The zero-order valence-corrected chi connectivity index (χ0v) is 11.3. The Morgan fingerprint density at radius 3 is 2.71 bits per heavy atom. The van der Waals surface area contributed by atoms with Crippen molar-refractivity contribution in [2.75, 3.05) is 26.3 Å². The molecule has 1 aromatic rings. The van der Waals surface area contributed by atoms with Crippen LogP contribution in [0.1, 0.15) is 17.7 Å². The molecular weight excluding hydrogens is 256 g/mol. The van der Waals surface area contributed by atoms with E-state index in [0.29, 0.717) is 0 Å². The van der Waals surface area contributed by atoms with E-state index < -0.39 is 0 Å². The second-order valence-electron chi connectivity index (χ2n) is 4.15. The highest BCUT2D eigenvalue weighted by Crippen LogP contribution is 2.31. The zero-order valence-electron chi connectivity index (χ0n) is 9.73. The van der Waals surface area contributed by atoms with Crippen molar-refractivity contribution >= 4 is 22.9 Å². The Hall–Kier alpha value is -0.600. The Morgan fingerprint density at radius 1 is 1.47 bits per heavy atom. The molecule has 2 heterocycles. The number of thiophene rings is 1. The van der Waals surface area contributed by atoms with Crippen LogP contribution in [0.15, 0.2) is 12.1 Å². The number of nitrogens with zero attached hydrogens (tertiary/aromatic N) is 2. The average Bonchev–Trinajstić information content (AvgIpc) is 2.78. The van der Waals surface area contributed by atoms with Crippen molar-refractivity contribution in [2.45, 2.75) is 18.9 Å². The predicted molar refractivity (Wildman–Crippen MR) is 69.5 cm³/mol. The summed E-state index contributed by atoms with van der Waals surface area (Å²) in [5.41, 5.74) is 0. The minimum absolute atomic E-state index is 0.0892. The lowest BCUT2D eigenvalue weighted by Crippen LogP contribution is -2.45. The summed E-state index contributed by atoms with van der Waals surface area (Å²) in [6.45, 7) is 5.20. The van der Waals surface area contributed by atoms with Gasteiger partial charge in [0.1, 0.15) is 6.04 Å². The molecule has 0 radical (unpaired) electrons. The molecule has 1 aromatic heterocycles. The van der Waals surface area contributed by atoms with E-state index in [1.807, 2.05) is 12.1 Å². The normalized spacial score (nSPS) is 20.8. The summed E-state index contributed by atoms with van der Waals surface area (Å²) in [7, 11) is 0. The van der Waals surface area contributed by atoms with Crippen LogP contribution in [0.2, 0.25) is 4.34 Å². The van der Waals surface area contributed by atoms with Crippen molar-refractivity contribution in [3.63, 3.8) is 0 Å². The summed E-state index contributed by atoms with van der Waals surface area (Å²) in [4.78, 5) is 3.37. The predicted octanol–water partition coefficient (Wildman–Crippen LogP) is 2.73. The maximum atomic E-state index is 9.36. The van der Waals surface area contributed by atoms with Crippen molar-refractivity contribution in [3.05, 3.63) is 21.3 Å². The van der Waals surface area contributed by atoms with Crippen LogP contribution in [0.3, 0.4) is 0 Å². The number of rotatable bonds is 3. The van der Waals surface area contributed by atoms with Crippen LogP contribution >= 0.6 is 22.9 Å². The van der Waals surface area contributed by atoms with E-state index in [1.165, 1.54) is 4.88 Å². The van der Waals surface area contributed by atoms with Crippen LogP contribution in [0.25, 0.3) is 0 Å². The van der Waals surface area contributed by atoms with Crippen molar-refractivity contribution in [1.29, 1.82) is 5.26 Å². The Morgan fingerprint density at radius 2 is 2.18 bits per heavy atom. The lowest BCUT2D eigenvalue weighted by Gasteiger charge is -2.33. The van der Waals surface area contributed by atoms with Crippen LogP contribution in [0.5, 0.6) is 0 Å². The van der Waals surface area contributed by atoms with Gasteiger partial charge in [0.25, 0.3) is 0 Å². The number of morpholine rings is 1. The summed E-state index contributed by atoms with van der Waals surface area (Å²) in [6, 6.07) is 6.23. The van der Waals surface area contributed by atoms with Gasteiger partial charge in [-0.15, -0.1) is 11.3 Å². The summed E-state index contributed by atoms with van der Waals surface area (Å²) in [6.07, 6.45) is 0. The fraction of sp³-hybridized carbons (Fsp3) is 0.583. The van der Waals surface area contributed by atoms with Crippen LogP contribution in [-0.2, 0) is 4.74 Å². The standard InChI is InChI=1S/C12H15ClN2OS/c1-9(11-2-3-12(13)17-11)10(8-14)15-4-6-16-7-5-15/h2-3,9-10H,4-7H2,1H3. The van der Waals surface area contributed by atoms with Crippen LogP contribution in [0.4, 0.5) is 0 Å². The third-order valence-electron chi connectivity index (χ3n) is 3.09. The first-order valence-electron chi connectivity index (χ1n) is 5.69. The Bertz CT molecular complexity index is 409. The van der Waals surface area contributed by atoms with E-state index in [2.05, 4.69) is 17.9 Å². The van der Waals surface area contributed by atoms with E-state index in [0.717, 1.165) is 30.6 Å². The molecule has 2 unspecified atom stereocenters. The smallest absolute Gasteiger partial charge is 0.105 e. The molecule has 0 bridgehead atoms. The van der Waals surface area contributed by atoms with Crippen LogP contribution in [-0.4, -0.2) is 37.2 Å². The molecular formula is C12H15ClN2OS. The molecule has 0 N–H and O–H groups in total. The molecule has 3 nitrogen and oxygen atoms in total. The second-order valence-corrected chi connectivity index (χ2v) is 5.90. The SMILES string of the molecule is CC(c1ccc(Cl)s1)C(C#N)N1CCOCC1. The minimum Gasteiger partial charge on any atom is -0.379 e. The van der Waals surface area contributed by atoms with Crippen LogP contribution < -0.4 is 0 Å². The first-order chi connectivity index (χ1) is 8.22. The molecule has 0 aromatic carbocycles. The van der Waals surface area contributed by atoms with Gasteiger partial charge < -0.3 is 4.74 Å². The lowest BCUT2D eigenvalue weighted by atomic mass is 9.99. The van der Waals surface area contributed by atoms with Gasteiger partial charge in [-0.1, -0.05) is 18.5 Å². The van der Waals surface area contributed by atoms with Crippen molar-refractivity contribution in [2.24, 2.45) is 0 Å². The number of hydrogen-bond acceptors (Lipinski definition) is 4. The molecule has 17 heavy (non-hydrogen) atoms. The quantitative estimate of drug-likeness (QED) is 0.847. The number of nitriles is 1. The number of halogens is 1. The van der Waals surface area contributed by atoms with Gasteiger partial charge in [0.15, 0.2) is 0 Å². The molecule has 0 aliphatic carbocycles. The molecule has 0 spiro atoms. The molecule has 0 amide bonds. The highest BCUT2D eigenvalue weighted by atomic mass is 35.5. The Labute approximate surface area is 111 Å². The summed E-state index contributed by atoms with van der Waals surface area (Å²) >= 11 is 7.50. The first-order valence-corrected chi connectivity index (χ1v) is 6.88. The number of ether oxygens (including phenoxy) is 1. The van der Waals surface area contributed by atoms with Gasteiger partial charge >= 0.3 is 0 Å². The van der Waals surface area contributed by atoms with E-state index in [1.54, 1.807) is 11.3 Å². The fourth-order valence-corrected chi connectivity index (χ4v) is 3.24. The van der Waals surface area contributed by atoms with Gasteiger partial charge in [0.05, 0.1) is 23.6 Å². The van der Waals surface area contributed by atoms with E-state index in [-0.39, 0.29) is 12.0 Å². The Balaban J connectivity index is 2.09. The molecule has 1 aliphatic heterocycles. The molecule has 5 heteroatoms. The second kappa shape index (κ2) is 5.83. The fourth-order valence-electron chi connectivity index (χ4n) is 2.09. The maximum absolute atomic E-state index is 9.36. The van der Waals surface area contributed by atoms with E-state index in [4.69, 9.17) is 16.3 Å². The largest absolute Gasteiger partial charge is 0.379 e. The van der Waals surface area contributed by atoms with E-state index in [9.17, 15) is 5.26 Å². The van der Waals surface area contributed by atoms with Gasteiger partial charge in [0.2, 0.25) is 0 Å². The van der Waals surface area contributed by atoms with E-state index >= 15 is 0 Å². The first kappa shape index (κ1) is 12.8. The molecule has 0 saturated carbocycles. The van der Waals surface area contributed by atoms with Gasteiger partial charge in [0, 0.05) is 23.9 Å². The summed E-state index contributed by atoms with van der Waals surface area (Å²) < 4.78 is 6.10. The van der Waals surface area contributed by atoms with Crippen LogP contribution in [0, 0.1) is 11.3 Å². The Kier molecular flexibility index (Phi) is 4.41. The molecule has 1 saturated heterocycles. The zero-order chi connectivity index (χ0) is 12.3. The maximum Gasteiger partial charge on any atom is 0.105 e. The van der Waals surface area contributed by atoms with Gasteiger partial charge in [-0.05, 0) is 12.1 Å². The molecule has 1 fully saturated rings.